The van der Waals surface area contributed by atoms with Crippen LogP contribution in [0, 0.1) is 5.41 Å². The summed E-state index contributed by atoms with van der Waals surface area (Å²) in [6.45, 7) is 2.89. The van der Waals surface area contributed by atoms with E-state index in [9.17, 15) is 14.4 Å². The number of hydrogen-bond acceptors (Lipinski definition) is 5. The quantitative estimate of drug-likeness (QED) is 0.301. The Morgan fingerprint density at radius 2 is 2.04 bits per heavy atom. The first-order valence-electron chi connectivity index (χ1n) is 8.88. The van der Waals surface area contributed by atoms with Gasteiger partial charge in [-0.25, -0.2) is 4.79 Å². The summed E-state index contributed by atoms with van der Waals surface area (Å²) >= 11 is 0. The fraction of sp³-hybridized carbons (Fsp3) is 0.444. The number of amides is 3. The summed E-state index contributed by atoms with van der Waals surface area (Å²) in [6, 6.07) is 5.68. The number of amidine groups is 1. The maximum Gasteiger partial charge on any atom is 0.315 e. The molecule has 0 unspecified atom stereocenters. The maximum atomic E-state index is 12.5. The van der Waals surface area contributed by atoms with E-state index in [1.54, 1.807) is 29.2 Å². The van der Waals surface area contributed by atoms with Crippen molar-refractivity contribution in [2.45, 2.75) is 32.2 Å². The van der Waals surface area contributed by atoms with Gasteiger partial charge in [0.05, 0.1) is 13.0 Å². The lowest BCUT2D eigenvalue weighted by Crippen LogP contribution is -2.46. The van der Waals surface area contributed by atoms with Crippen LogP contribution in [0.2, 0.25) is 0 Å². The maximum absolute atomic E-state index is 12.5. The van der Waals surface area contributed by atoms with E-state index >= 15 is 0 Å². The van der Waals surface area contributed by atoms with E-state index in [1.165, 1.54) is 0 Å². The van der Waals surface area contributed by atoms with Crippen LogP contribution in [0.4, 0.5) is 10.5 Å². The fourth-order valence-corrected chi connectivity index (χ4v) is 2.67. The highest BCUT2D eigenvalue weighted by atomic mass is 16.5. The highest BCUT2D eigenvalue weighted by molar-refractivity contribution is 6.02. The smallest absolute Gasteiger partial charge is 0.315 e. The Hall–Kier alpha value is -3.10. The number of benzene rings is 1. The molecule has 0 spiro atoms. The molecule has 1 heterocycles. The Morgan fingerprint density at radius 3 is 2.67 bits per heavy atom. The van der Waals surface area contributed by atoms with Crippen molar-refractivity contribution in [1.82, 2.24) is 10.6 Å². The van der Waals surface area contributed by atoms with Crippen molar-refractivity contribution in [3.05, 3.63) is 29.8 Å². The average Bonchev–Trinajstić information content (AvgIpc) is 3.00. The lowest BCUT2D eigenvalue weighted by Gasteiger charge is -2.17. The van der Waals surface area contributed by atoms with Crippen LogP contribution in [0.1, 0.15) is 31.7 Å². The third kappa shape index (κ3) is 5.70. The number of ether oxygens (including phenoxy) is 1. The van der Waals surface area contributed by atoms with Gasteiger partial charge in [0.15, 0.2) is 0 Å². The van der Waals surface area contributed by atoms with Gasteiger partial charge in [-0.3, -0.25) is 15.0 Å². The summed E-state index contributed by atoms with van der Waals surface area (Å²) < 4.78 is 4.92. The molecule has 0 aromatic heterocycles. The molecule has 1 aromatic carbocycles. The molecule has 146 valence electrons. The normalized spacial score (nSPS) is 16.1. The Balaban J connectivity index is 1.79. The van der Waals surface area contributed by atoms with Crippen molar-refractivity contribution in [2.24, 2.45) is 5.73 Å². The lowest BCUT2D eigenvalue weighted by molar-refractivity contribution is -0.143. The van der Waals surface area contributed by atoms with Gasteiger partial charge in [-0.15, -0.1) is 0 Å². The molecule has 9 heteroatoms. The zero-order valence-corrected chi connectivity index (χ0v) is 15.3. The molecule has 5 N–H and O–H groups in total. The summed E-state index contributed by atoms with van der Waals surface area (Å²) in [5.41, 5.74) is 6.69. The number of esters is 1. The summed E-state index contributed by atoms with van der Waals surface area (Å²) in [4.78, 5) is 37.4. The van der Waals surface area contributed by atoms with E-state index in [0.29, 0.717) is 30.8 Å². The minimum absolute atomic E-state index is 0.0379. The molecule has 1 fully saturated rings. The predicted molar refractivity (Wildman–Crippen MR) is 101 cm³/mol. The minimum Gasteiger partial charge on any atom is -0.466 e. The van der Waals surface area contributed by atoms with E-state index < -0.39 is 12.1 Å². The van der Waals surface area contributed by atoms with E-state index in [0.717, 1.165) is 6.42 Å². The van der Waals surface area contributed by atoms with Crippen LogP contribution in [0.5, 0.6) is 0 Å². The van der Waals surface area contributed by atoms with Crippen LogP contribution in [0.15, 0.2) is 24.3 Å². The molecular formula is C18H25N5O4. The van der Waals surface area contributed by atoms with E-state index in [2.05, 4.69) is 10.6 Å². The molecule has 1 aliphatic rings. The van der Waals surface area contributed by atoms with Crippen molar-refractivity contribution in [2.75, 3.05) is 24.6 Å². The molecule has 27 heavy (non-hydrogen) atoms. The van der Waals surface area contributed by atoms with Crippen molar-refractivity contribution < 1.29 is 19.1 Å². The van der Waals surface area contributed by atoms with E-state index in [4.69, 9.17) is 15.9 Å². The SMILES string of the molecule is CCCOC(=O)CCNC(=O)N[C@H]1CCN(c2ccc(C(=N)N)cc2)C1=O. The molecule has 2 rings (SSSR count). The minimum atomic E-state index is -0.621. The van der Waals surface area contributed by atoms with Crippen LogP contribution in [0.25, 0.3) is 0 Å². The second kappa shape index (κ2) is 9.56. The largest absolute Gasteiger partial charge is 0.466 e. The number of nitrogens with zero attached hydrogens (tertiary/aromatic N) is 1. The topological polar surface area (TPSA) is 138 Å². The second-order valence-electron chi connectivity index (χ2n) is 6.16. The lowest BCUT2D eigenvalue weighted by atomic mass is 10.2. The first-order valence-corrected chi connectivity index (χ1v) is 8.88. The molecule has 0 bridgehead atoms. The number of urea groups is 1. The third-order valence-corrected chi connectivity index (χ3v) is 4.08. The van der Waals surface area contributed by atoms with Crippen molar-refractivity contribution >= 4 is 29.4 Å². The molecule has 1 saturated heterocycles. The van der Waals surface area contributed by atoms with Crippen molar-refractivity contribution in [3.8, 4) is 0 Å². The van der Waals surface area contributed by atoms with Gasteiger partial charge in [-0.1, -0.05) is 6.92 Å². The van der Waals surface area contributed by atoms with Gasteiger partial charge >= 0.3 is 12.0 Å². The molecule has 0 aliphatic carbocycles. The molecular weight excluding hydrogens is 350 g/mol. The van der Waals surface area contributed by atoms with Crippen LogP contribution < -0.4 is 21.3 Å². The summed E-state index contributed by atoms with van der Waals surface area (Å²) in [5, 5.41) is 12.6. The summed E-state index contributed by atoms with van der Waals surface area (Å²) in [5.74, 6) is -0.610. The zero-order valence-electron chi connectivity index (χ0n) is 15.3. The van der Waals surface area contributed by atoms with Crippen LogP contribution in [0.3, 0.4) is 0 Å². The molecule has 9 nitrogen and oxygen atoms in total. The number of carbonyl (C=O) groups excluding carboxylic acids is 3. The van der Waals surface area contributed by atoms with Gasteiger partial charge in [0.2, 0.25) is 5.91 Å². The van der Waals surface area contributed by atoms with Gasteiger partial charge in [-0.2, -0.15) is 0 Å². The van der Waals surface area contributed by atoms with Crippen LogP contribution in [-0.4, -0.2) is 49.5 Å². The molecule has 1 atom stereocenters. The van der Waals surface area contributed by atoms with Crippen molar-refractivity contribution in [3.63, 3.8) is 0 Å². The Bertz CT molecular complexity index is 704. The first kappa shape index (κ1) is 20.2. The Labute approximate surface area is 157 Å². The highest BCUT2D eigenvalue weighted by Gasteiger charge is 2.33. The number of hydrogen-bond donors (Lipinski definition) is 4. The van der Waals surface area contributed by atoms with Crippen molar-refractivity contribution in [1.29, 1.82) is 5.41 Å². The van der Waals surface area contributed by atoms with Gasteiger partial charge < -0.3 is 26.0 Å². The molecule has 3 amide bonds. The standard InChI is InChI=1S/C18H25N5O4/c1-2-11-27-15(24)7-9-21-18(26)22-14-8-10-23(17(14)25)13-5-3-12(4-6-13)16(19)20/h3-6,14H,2,7-11H2,1H3,(H3,19,20)(H2,21,22,26)/t14-/m0/s1. The van der Waals surface area contributed by atoms with Gasteiger partial charge in [-0.05, 0) is 37.1 Å². The average molecular weight is 375 g/mol. The number of nitrogens with one attached hydrogen (secondary N) is 3. The second-order valence-corrected chi connectivity index (χ2v) is 6.16. The van der Waals surface area contributed by atoms with Gasteiger partial charge in [0.25, 0.3) is 0 Å². The first-order chi connectivity index (χ1) is 12.9. The zero-order chi connectivity index (χ0) is 19.8. The highest BCUT2D eigenvalue weighted by Crippen LogP contribution is 2.22. The number of carbonyl (C=O) groups is 3. The van der Waals surface area contributed by atoms with E-state index in [-0.39, 0.29) is 30.7 Å². The number of nitrogens with two attached hydrogens (primary N) is 1. The number of nitrogen functional groups attached to an aromatic ring is 1. The van der Waals surface area contributed by atoms with Crippen LogP contribution in [-0.2, 0) is 14.3 Å². The Kier molecular flexibility index (Phi) is 7.16. The number of anilines is 1. The predicted octanol–water partition coefficient (Wildman–Crippen LogP) is 0.718. The summed E-state index contributed by atoms with van der Waals surface area (Å²) in [6.07, 6.45) is 1.32. The molecule has 1 aliphatic heterocycles. The number of rotatable bonds is 8. The van der Waals surface area contributed by atoms with Gasteiger partial charge in [0.1, 0.15) is 11.9 Å². The monoisotopic (exact) mass is 375 g/mol. The van der Waals surface area contributed by atoms with Crippen LogP contribution >= 0.6 is 0 Å². The molecule has 0 radical (unpaired) electrons. The third-order valence-electron chi connectivity index (χ3n) is 4.08. The summed E-state index contributed by atoms with van der Waals surface area (Å²) in [7, 11) is 0. The molecule has 0 saturated carbocycles. The molecule has 1 aromatic rings. The Morgan fingerprint density at radius 1 is 1.33 bits per heavy atom. The van der Waals surface area contributed by atoms with E-state index in [1.807, 2.05) is 6.92 Å². The fourth-order valence-electron chi connectivity index (χ4n) is 2.67. The van der Waals surface area contributed by atoms with Gasteiger partial charge in [0, 0.05) is 24.3 Å².